The molecule has 19 heavy (non-hydrogen) atoms. The SMILES string of the molecule is CC[C@](C)(NC(=O)c1cncc(Br)c1)c1nccs1. The van der Waals surface area contributed by atoms with Gasteiger partial charge in [0.15, 0.2) is 0 Å². The summed E-state index contributed by atoms with van der Waals surface area (Å²) in [6, 6.07) is 1.75. The van der Waals surface area contributed by atoms with Crippen molar-refractivity contribution >= 4 is 33.2 Å². The summed E-state index contributed by atoms with van der Waals surface area (Å²) in [5, 5.41) is 5.86. The molecule has 2 aromatic heterocycles. The van der Waals surface area contributed by atoms with E-state index < -0.39 is 5.54 Å². The van der Waals surface area contributed by atoms with Crippen molar-refractivity contribution in [1.82, 2.24) is 15.3 Å². The Labute approximate surface area is 124 Å². The molecule has 1 amide bonds. The van der Waals surface area contributed by atoms with E-state index in [-0.39, 0.29) is 5.91 Å². The molecule has 0 saturated carbocycles. The lowest BCUT2D eigenvalue weighted by atomic mass is 9.99. The molecule has 0 fully saturated rings. The third-order valence-electron chi connectivity index (χ3n) is 2.97. The molecular formula is C13H14BrN3OS. The van der Waals surface area contributed by atoms with E-state index in [1.54, 1.807) is 36.0 Å². The van der Waals surface area contributed by atoms with Crippen LogP contribution in [0, 0.1) is 0 Å². The van der Waals surface area contributed by atoms with Crippen molar-refractivity contribution < 1.29 is 4.79 Å². The van der Waals surface area contributed by atoms with E-state index in [0.717, 1.165) is 15.9 Å². The second kappa shape index (κ2) is 5.79. The lowest BCUT2D eigenvalue weighted by Gasteiger charge is -2.27. The van der Waals surface area contributed by atoms with Gasteiger partial charge in [-0.25, -0.2) is 4.98 Å². The van der Waals surface area contributed by atoms with Gasteiger partial charge >= 0.3 is 0 Å². The normalized spacial score (nSPS) is 13.8. The summed E-state index contributed by atoms with van der Waals surface area (Å²) in [7, 11) is 0. The summed E-state index contributed by atoms with van der Waals surface area (Å²) in [4.78, 5) is 20.6. The first-order valence-corrected chi connectivity index (χ1v) is 7.55. The van der Waals surface area contributed by atoms with Crippen LogP contribution in [-0.2, 0) is 5.54 Å². The van der Waals surface area contributed by atoms with E-state index in [1.165, 1.54) is 0 Å². The van der Waals surface area contributed by atoms with Gasteiger partial charge in [0.2, 0.25) is 0 Å². The molecule has 0 unspecified atom stereocenters. The summed E-state index contributed by atoms with van der Waals surface area (Å²) in [6.07, 6.45) is 5.73. The molecule has 0 aliphatic carbocycles. The number of hydrogen-bond acceptors (Lipinski definition) is 4. The summed E-state index contributed by atoms with van der Waals surface area (Å²) in [5.41, 5.74) is 0.0821. The standard InChI is InChI=1S/C13H14BrN3OS/c1-3-13(2,12-16-4-5-19-12)17-11(18)9-6-10(14)8-15-7-9/h4-8H,3H2,1-2H3,(H,17,18)/t13-/m0/s1. The summed E-state index contributed by atoms with van der Waals surface area (Å²) >= 11 is 4.86. The Kier molecular flexibility index (Phi) is 4.31. The molecule has 100 valence electrons. The van der Waals surface area contributed by atoms with Gasteiger partial charge < -0.3 is 5.32 Å². The number of carbonyl (C=O) groups excluding carboxylic acids is 1. The van der Waals surface area contributed by atoms with E-state index in [2.05, 4.69) is 31.2 Å². The summed E-state index contributed by atoms with van der Waals surface area (Å²) in [6.45, 7) is 4.01. The van der Waals surface area contributed by atoms with E-state index in [9.17, 15) is 4.79 Å². The Morgan fingerprint density at radius 2 is 2.32 bits per heavy atom. The van der Waals surface area contributed by atoms with Gasteiger partial charge in [-0.1, -0.05) is 6.92 Å². The number of thiazole rings is 1. The minimum absolute atomic E-state index is 0.145. The first kappa shape index (κ1) is 14.1. The average Bonchev–Trinajstić information content (AvgIpc) is 2.93. The van der Waals surface area contributed by atoms with Crippen molar-refractivity contribution in [2.45, 2.75) is 25.8 Å². The lowest BCUT2D eigenvalue weighted by Crippen LogP contribution is -2.43. The first-order valence-electron chi connectivity index (χ1n) is 5.88. The Morgan fingerprint density at radius 1 is 1.53 bits per heavy atom. The van der Waals surface area contributed by atoms with Crippen LogP contribution in [0.2, 0.25) is 0 Å². The van der Waals surface area contributed by atoms with Crippen LogP contribution >= 0.6 is 27.3 Å². The zero-order chi connectivity index (χ0) is 13.9. The molecular weight excluding hydrogens is 326 g/mol. The van der Waals surface area contributed by atoms with E-state index in [4.69, 9.17) is 0 Å². The van der Waals surface area contributed by atoms with Crippen LogP contribution < -0.4 is 5.32 Å². The van der Waals surface area contributed by atoms with Crippen molar-refractivity contribution in [1.29, 1.82) is 0 Å². The predicted octanol–water partition coefficient (Wildman–Crippen LogP) is 3.36. The minimum atomic E-state index is -0.451. The zero-order valence-electron chi connectivity index (χ0n) is 10.7. The molecule has 0 bridgehead atoms. The fraction of sp³-hybridized carbons (Fsp3) is 0.308. The van der Waals surface area contributed by atoms with Crippen molar-refractivity contribution in [3.05, 3.63) is 45.1 Å². The number of rotatable bonds is 4. The smallest absolute Gasteiger partial charge is 0.253 e. The van der Waals surface area contributed by atoms with Gasteiger partial charge in [0.05, 0.1) is 11.1 Å². The number of nitrogens with one attached hydrogen (secondary N) is 1. The fourth-order valence-corrected chi connectivity index (χ4v) is 2.84. The van der Waals surface area contributed by atoms with Gasteiger partial charge in [-0.3, -0.25) is 9.78 Å². The number of hydrogen-bond donors (Lipinski definition) is 1. The van der Waals surface area contributed by atoms with Crippen LogP contribution in [0.3, 0.4) is 0 Å². The fourth-order valence-electron chi connectivity index (χ4n) is 1.65. The quantitative estimate of drug-likeness (QED) is 0.929. The molecule has 2 rings (SSSR count). The number of amides is 1. The summed E-state index contributed by atoms with van der Waals surface area (Å²) < 4.78 is 0.785. The highest BCUT2D eigenvalue weighted by molar-refractivity contribution is 9.10. The molecule has 1 N–H and O–H groups in total. The second-order valence-electron chi connectivity index (χ2n) is 4.37. The highest BCUT2D eigenvalue weighted by atomic mass is 79.9. The van der Waals surface area contributed by atoms with Crippen molar-refractivity contribution in [3.8, 4) is 0 Å². The second-order valence-corrected chi connectivity index (χ2v) is 6.18. The summed E-state index contributed by atoms with van der Waals surface area (Å²) in [5.74, 6) is -0.145. The molecule has 4 nitrogen and oxygen atoms in total. The maximum Gasteiger partial charge on any atom is 0.253 e. The molecule has 0 radical (unpaired) electrons. The van der Waals surface area contributed by atoms with E-state index in [0.29, 0.717) is 5.56 Å². The van der Waals surface area contributed by atoms with Gasteiger partial charge in [-0.05, 0) is 35.3 Å². The Bertz CT molecular complexity index is 573. The number of halogens is 1. The highest BCUT2D eigenvalue weighted by Crippen LogP contribution is 2.26. The molecule has 0 spiro atoms. The topological polar surface area (TPSA) is 54.9 Å². The minimum Gasteiger partial charge on any atom is -0.340 e. The van der Waals surface area contributed by atoms with Crippen LogP contribution in [-0.4, -0.2) is 15.9 Å². The van der Waals surface area contributed by atoms with E-state index >= 15 is 0 Å². The molecule has 0 saturated heterocycles. The Hall–Kier alpha value is -1.27. The van der Waals surface area contributed by atoms with Crippen LogP contribution in [0.15, 0.2) is 34.5 Å². The van der Waals surface area contributed by atoms with Crippen LogP contribution in [0.25, 0.3) is 0 Å². The number of aromatic nitrogens is 2. The van der Waals surface area contributed by atoms with Crippen LogP contribution in [0.4, 0.5) is 0 Å². The van der Waals surface area contributed by atoms with Crippen molar-refractivity contribution in [2.24, 2.45) is 0 Å². The molecule has 2 aromatic rings. The average molecular weight is 340 g/mol. The predicted molar refractivity (Wildman–Crippen MR) is 79.2 cm³/mol. The van der Waals surface area contributed by atoms with E-state index in [1.807, 2.05) is 19.2 Å². The molecule has 2 heterocycles. The number of carbonyl (C=O) groups is 1. The molecule has 0 aliphatic heterocycles. The van der Waals surface area contributed by atoms with Crippen molar-refractivity contribution in [3.63, 3.8) is 0 Å². The molecule has 6 heteroatoms. The monoisotopic (exact) mass is 339 g/mol. The number of nitrogens with zero attached hydrogens (tertiary/aromatic N) is 2. The molecule has 0 aliphatic rings. The maximum atomic E-state index is 12.3. The van der Waals surface area contributed by atoms with Gasteiger partial charge in [-0.15, -0.1) is 11.3 Å². The van der Waals surface area contributed by atoms with Crippen molar-refractivity contribution in [2.75, 3.05) is 0 Å². The first-order chi connectivity index (χ1) is 9.05. The van der Waals surface area contributed by atoms with Gasteiger partial charge in [0.25, 0.3) is 5.91 Å². The third kappa shape index (κ3) is 3.19. The van der Waals surface area contributed by atoms with Gasteiger partial charge in [0.1, 0.15) is 5.01 Å². The third-order valence-corrected chi connectivity index (χ3v) is 4.44. The number of pyridine rings is 1. The maximum absolute atomic E-state index is 12.3. The molecule has 0 aromatic carbocycles. The Morgan fingerprint density at radius 3 is 2.89 bits per heavy atom. The lowest BCUT2D eigenvalue weighted by molar-refractivity contribution is 0.0901. The largest absolute Gasteiger partial charge is 0.340 e. The van der Waals surface area contributed by atoms with Gasteiger partial charge in [0, 0.05) is 28.4 Å². The molecule has 1 atom stereocenters. The zero-order valence-corrected chi connectivity index (χ0v) is 13.1. The van der Waals surface area contributed by atoms with Crippen LogP contribution in [0.5, 0.6) is 0 Å². The highest BCUT2D eigenvalue weighted by Gasteiger charge is 2.29. The van der Waals surface area contributed by atoms with Crippen LogP contribution in [0.1, 0.15) is 35.6 Å². The van der Waals surface area contributed by atoms with Gasteiger partial charge in [-0.2, -0.15) is 0 Å². The Balaban J connectivity index is 2.22.